The van der Waals surface area contributed by atoms with Crippen molar-refractivity contribution in [3.8, 4) is 11.8 Å². The Morgan fingerprint density at radius 3 is 2.68 bits per heavy atom. The topological polar surface area (TPSA) is 83.4 Å². The van der Waals surface area contributed by atoms with Crippen LogP contribution in [0.4, 0.5) is 5.88 Å². The monoisotopic (exact) mass is 338 g/mol. The third-order valence-electron chi connectivity index (χ3n) is 3.71. The Labute approximate surface area is 147 Å². The minimum absolute atomic E-state index is 0.203. The summed E-state index contributed by atoms with van der Waals surface area (Å²) in [5, 5.41) is 13.3. The molecular weight excluding hydrogens is 316 g/mol. The van der Waals surface area contributed by atoms with Gasteiger partial charge in [0, 0.05) is 5.92 Å². The van der Waals surface area contributed by atoms with Crippen LogP contribution in [0.3, 0.4) is 0 Å². The minimum atomic E-state index is 0.203. The van der Waals surface area contributed by atoms with Gasteiger partial charge in [0.05, 0.1) is 6.21 Å². The van der Waals surface area contributed by atoms with Gasteiger partial charge in [0.2, 0.25) is 11.6 Å². The maximum absolute atomic E-state index is 9.19. The van der Waals surface area contributed by atoms with Crippen molar-refractivity contribution in [1.82, 2.24) is 4.98 Å². The Morgan fingerprint density at radius 1 is 1.36 bits per heavy atom. The average molecular weight is 338 g/mol. The fourth-order valence-corrected chi connectivity index (χ4v) is 2.27. The molecule has 0 aliphatic heterocycles. The van der Waals surface area contributed by atoms with Gasteiger partial charge in [-0.2, -0.15) is 10.4 Å². The van der Waals surface area contributed by atoms with Gasteiger partial charge >= 0.3 is 0 Å². The summed E-state index contributed by atoms with van der Waals surface area (Å²) in [6.07, 6.45) is 5.15. The molecule has 0 aliphatic carbocycles. The van der Waals surface area contributed by atoms with E-state index in [-0.39, 0.29) is 17.5 Å². The lowest BCUT2D eigenvalue weighted by atomic mass is 10.0. The van der Waals surface area contributed by atoms with E-state index in [4.69, 9.17) is 9.15 Å². The molecule has 0 unspecified atom stereocenters. The van der Waals surface area contributed by atoms with E-state index in [1.807, 2.05) is 30.3 Å². The average Bonchev–Trinajstić information content (AvgIpc) is 3.05. The minimum Gasteiger partial charge on any atom is -0.490 e. The van der Waals surface area contributed by atoms with Gasteiger partial charge < -0.3 is 9.15 Å². The highest BCUT2D eigenvalue weighted by molar-refractivity contribution is 5.80. The molecule has 1 aromatic heterocycles. The summed E-state index contributed by atoms with van der Waals surface area (Å²) in [4.78, 5) is 4.25. The largest absolute Gasteiger partial charge is 0.490 e. The van der Waals surface area contributed by atoms with Crippen molar-refractivity contribution in [2.45, 2.75) is 32.6 Å². The number of nitriles is 1. The number of aromatic nitrogens is 1. The molecule has 25 heavy (non-hydrogen) atoms. The van der Waals surface area contributed by atoms with Gasteiger partial charge in [0.1, 0.15) is 18.4 Å². The predicted molar refractivity (Wildman–Crippen MR) is 97.9 cm³/mol. The van der Waals surface area contributed by atoms with Crippen molar-refractivity contribution < 1.29 is 9.15 Å². The molecule has 1 aromatic carbocycles. The van der Waals surface area contributed by atoms with E-state index in [0.717, 1.165) is 24.2 Å². The van der Waals surface area contributed by atoms with E-state index in [1.165, 1.54) is 0 Å². The van der Waals surface area contributed by atoms with E-state index in [1.54, 1.807) is 12.3 Å². The zero-order valence-corrected chi connectivity index (χ0v) is 14.5. The zero-order valence-electron chi connectivity index (χ0n) is 14.5. The van der Waals surface area contributed by atoms with Crippen LogP contribution in [-0.4, -0.2) is 17.8 Å². The molecule has 2 rings (SSSR count). The van der Waals surface area contributed by atoms with Crippen molar-refractivity contribution in [2.24, 2.45) is 5.10 Å². The summed E-state index contributed by atoms with van der Waals surface area (Å²) in [7, 11) is 0. The lowest BCUT2D eigenvalue weighted by Crippen LogP contribution is -1.95. The van der Waals surface area contributed by atoms with Gasteiger partial charge in [-0.25, -0.2) is 10.4 Å². The summed E-state index contributed by atoms with van der Waals surface area (Å²) < 4.78 is 11.1. The fraction of sp³-hybridized carbons (Fsp3) is 0.316. The number of benzene rings is 1. The maximum Gasteiger partial charge on any atom is 0.252 e. The number of rotatable bonds is 9. The van der Waals surface area contributed by atoms with Crippen LogP contribution in [0.5, 0.6) is 5.75 Å². The molecule has 0 amide bonds. The number of nitrogens with zero attached hydrogens (tertiary/aromatic N) is 3. The Hall–Kier alpha value is -3.07. The van der Waals surface area contributed by atoms with E-state index in [9.17, 15) is 5.26 Å². The Bertz CT molecular complexity index is 753. The van der Waals surface area contributed by atoms with Crippen LogP contribution in [0, 0.1) is 11.3 Å². The van der Waals surface area contributed by atoms with Crippen molar-refractivity contribution in [2.75, 3.05) is 12.0 Å². The molecular formula is C19H22N4O2. The van der Waals surface area contributed by atoms with Gasteiger partial charge in [-0.1, -0.05) is 26.5 Å². The summed E-state index contributed by atoms with van der Waals surface area (Å²) in [5.74, 6) is 1.81. The number of anilines is 1. The number of hydrogen-bond donors (Lipinski definition) is 1. The second-order valence-electron chi connectivity index (χ2n) is 5.39. The molecule has 1 heterocycles. The molecule has 130 valence electrons. The summed E-state index contributed by atoms with van der Waals surface area (Å²) in [5.41, 5.74) is 3.86. The molecule has 0 bridgehead atoms. The SMILES string of the molecule is C=CCOc1ccc(/C=N/Nc2oc(C(CC)CC)nc2C#N)cc1. The number of hydrazone groups is 1. The van der Waals surface area contributed by atoms with Crippen LogP contribution < -0.4 is 10.2 Å². The molecule has 0 aliphatic rings. The number of nitrogens with one attached hydrogen (secondary N) is 1. The van der Waals surface area contributed by atoms with E-state index >= 15 is 0 Å². The first-order valence-corrected chi connectivity index (χ1v) is 8.25. The van der Waals surface area contributed by atoms with Crippen LogP contribution in [0.2, 0.25) is 0 Å². The van der Waals surface area contributed by atoms with Gasteiger partial charge in [0.25, 0.3) is 5.88 Å². The molecule has 0 spiro atoms. The van der Waals surface area contributed by atoms with Gasteiger partial charge in [-0.3, -0.25) is 0 Å². The molecule has 1 N–H and O–H groups in total. The van der Waals surface area contributed by atoms with Crippen LogP contribution in [0.15, 0.2) is 46.4 Å². The lowest BCUT2D eigenvalue weighted by molar-refractivity contribution is 0.363. The molecule has 6 nitrogen and oxygen atoms in total. The van der Waals surface area contributed by atoms with Crippen molar-refractivity contribution in [1.29, 1.82) is 5.26 Å². The quantitative estimate of drug-likeness (QED) is 0.414. The van der Waals surface area contributed by atoms with Crippen molar-refractivity contribution in [3.63, 3.8) is 0 Å². The van der Waals surface area contributed by atoms with Crippen LogP contribution >= 0.6 is 0 Å². The second kappa shape index (κ2) is 9.28. The second-order valence-corrected chi connectivity index (χ2v) is 5.39. The van der Waals surface area contributed by atoms with E-state index in [0.29, 0.717) is 12.5 Å². The summed E-state index contributed by atoms with van der Waals surface area (Å²) in [6, 6.07) is 9.49. The highest BCUT2D eigenvalue weighted by Gasteiger charge is 2.18. The fourth-order valence-electron chi connectivity index (χ4n) is 2.27. The van der Waals surface area contributed by atoms with E-state index < -0.39 is 0 Å². The molecule has 0 radical (unpaired) electrons. The number of hydrogen-bond acceptors (Lipinski definition) is 6. The van der Waals surface area contributed by atoms with Crippen molar-refractivity contribution >= 4 is 12.1 Å². The molecule has 0 saturated carbocycles. The predicted octanol–water partition coefficient (Wildman–Crippen LogP) is 4.46. The van der Waals surface area contributed by atoms with Crippen LogP contribution in [-0.2, 0) is 0 Å². The summed E-state index contributed by atoms with van der Waals surface area (Å²) >= 11 is 0. The first-order chi connectivity index (χ1) is 12.2. The molecule has 2 aromatic rings. The first-order valence-electron chi connectivity index (χ1n) is 8.25. The highest BCUT2D eigenvalue weighted by Crippen LogP contribution is 2.27. The van der Waals surface area contributed by atoms with Gasteiger partial charge in [-0.15, -0.1) is 0 Å². The Morgan fingerprint density at radius 2 is 2.08 bits per heavy atom. The third-order valence-corrected chi connectivity index (χ3v) is 3.71. The van der Waals surface area contributed by atoms with Crippen LogP contribution in [0.1, 0.15) is 49.8 Å². The van der Waals surface area contributed by atoms with E-state index in [2.05, 4.69) is 35.9 Å². The molecule has 0 saturated heterocycles. The Kier molecular flexibility index (Phi) is 6.78. The third kappa shape index (κ3) is 4.95. The van der Waals surface area contributed by atoms with Crippen molar-refractivity contribution in [3.05, 3.63) is 54.1 Å². The normalized spacial score (nSPS) is 10.8. The molecule has 6 heteroatoms. The maximum atomic E-state index is 9.19. The zero-order chi connectivity index (χ0) is 18.1. The first kappa shape index (κ1) is 18.3. The standard InChI is InChI=1S/C19H22N4O2/c1-4-11-24-16-9-7-14(8-10-16)13-21-23-19-17(12-20)22-18(25-19)15(5-2)6-3/h4,7-10,13,15,23H,1,5-6,11H2,2-3H3/b21-13+. The lowest BCUT2D eigenvalue weighted by Gasteiger charge is -2.05. The number of oxazole rings is 1. The van der Waals surface area contributed by atoms with Gasteiger partial charge in [0.15, 0.2) is 0 Å². The smallest absolute Gasteiger partial charge is 0.252 e. The van der Waals surface area contributed by atoms with Gasteiger partial charge in [-0.05, 0) is 42.7 Å². The molecule has 0 fully saturated rings. The molecule has 0 atom stereocenters. The number of ether oxygens (including phenoxy) is 1. The highest BCUT2D eigenvalue weighted by atomic mass is 16.5. The Balaban J connectivity index is 2.04. The van der Waals surface area contributed by atoms with Crippen LogP contribution in [0.25, 0.3) is 0 Å². The summed E-state index contributed by atoms with van der Waals surface area (Å²) in [6.45, 7) is 8.21.